The van der Waals surface area contributed by atoms with Crippen molar-refractivity contribution in [1.82, 2.24) is 10.2 Å². The van der Waals surface area contributed by atoms with Gasteiger partial charge < -0.3 is 10.2 Å². The van der Waals surface area contributed by atoms with Crippen LogP contribution >= 0.6 is 11.8 Å². The Morgan fingerprint density at radius 3 is 2.31 bits per heavy atom. The van der Waals surface area contributed by atoms with Gasteiger partial charge in [-0.05, 0) is 43.4 Å². The highest BCUT2D eigenvalue weighted by molar-refractivity contribution is 7.99. The third-order valence-electron chi connectivity index (χ3n) is 6.15. The molecule has 3 rings (SSSR count). The number of rotatable bonds is 11. The van der Waals surface area contributed by atoms with Crippen molar-refractivity contribution < 1.29 is 9.59 Å². The summed E-state index contributed by atoms with van der Waals surface area (Å²) in [5, 5.41) is 3.25. The highest BCUT2D eigenvalue weighted by Crippen LogP contribution is 2.21. The van der Waals surface area contributed by atoms with Gasteiger partial charge in [-0.15, -0.1) is 11.8 Å². The Bertz CT molecular complexity index is 822. The molecule has 1 aliphatic carbocycles. The lowest BCUT2D eigenvalue weighted by atomic mass is 9.95. The van der Waals surface area contributed by atoms with Gasteiger partial charge in [0.2, 0.25) is 11.8 Å². The van der Waals surface area contributed by atoms with Crippen molar-refractivity contribution in [1.29, 1.82) is 0 Å². The van der Waals surface area contributed by atoms with E-state index in [-0.39, 0.29) is 17.9 Å². The van der Waals surface area contributed by atoms with Gasteiger partial charge in [0.05, 0.1) is 0 Å². The maximum atomic E-state index is 13.3. The van der Waals surface area contributed by atoms with E-state index in [1.165, 1.54) is 29.7 Å². The Kier molecular flexibility index (Phi) is 10.1. The molecule has 0 bridgehead atoms. The number of carbonyl (C=O) groups excluding carboxylic acids is 2. The minimum absolute atomic E-state index is 0.0107. The molecule has 1 saturated carbocycles. The standard InChI is InChI=1S/C27H36N2O2S/c1-2-25(27(31)28-23-14-8-4-9-15-23)29(20-18-22-12-6-3-7-13-22)26(30)19-21-32-24-16-10-5-11-17-24/h3,5-7,10-13,16-17,23,25H,2,4,8-9,14-15,18-21H2,1H3,(H,28,31)/t25-/m1/s1. The molecule has 2 aromatic carbocycles. The molecule has 1 aliphatic rings. The van der Waals surface area contributed by atoms with E-state index in [9.17, 15) is 9.59 Å². The first-order valence-corrected chi connectivity index (χ1v) is 13.0. The molecule has 1 atom stereocenters. The molecule has 0 radical (unpaired) electrons. The van der Waals surface area contributed by atoms with Crippen molar-refractivity contribution >= 4 is 23.6 Å². The second-order valence-corrected chi connectivity index (χ2v) is 9.67. The number of thioether (sulfide) groups is 1. The first-order chi connectivity index (χ1) is 15.7. The van der Waals surface area contributed by atoms with E-state index in [0.717, 1.165) is 19.3 Å². The monoisotopic (exact) mass is 452 g/mol. The topological polar surface area (TPSA) is 49.4 Å². The molecular weight excluding hydrogens is 416 g/mol. The minimum Gasteiger partial charge on any atom is -0.352 e. The molecular formula is C27H36N2O2S. The minimum atomic E-state index is -0.408. The molecule has 1 fully saturated rings. The third-order valence-corrected chi connectivity index (χ3v) is 7.16. The molecule has 0 aromatic heterocycles. The Hall–Kier alpha value is -2.27. The number of amides is 2. The predicted octanol–water partition coefficient (Wildman–Crippen LogP) is 5.47. The quantitative estimate of drug-likeness (QED) is 0.460. The van der Waals surface area contributed by atoms with E-state index >= 15 is 0 Å². The molecule has 0 saturated heterocycles. The number of nitrogens with zero attached hydrogens (tertiary/aromatic N) is 1. The molecule has 0 aliphatic heterocycles. The van der Waals surface area contributed by atoms with Gasteiger partial charge >= 0.3 is 0 Å². The lowest BCUT2D eigenvalue weighted by Gasteiger charge is -2.33. The fourth-order valence-electron chi connectivity index (χ4n) is 4.36. The Labute approximate surface area is 197 Å². The van der Waals surface area contributed by atoms with Crippen LogP contribution in [0.5, 0.6) is 0 Å². The Morgan fingerprint density at radius 1 is 1.00 bits per heavy atom. The molecule has 32 heavy (non-hydrogen) atoms. The first-order valence-electron chi connectivity index (χ1n) is 12.0. The number of hydrogen-bond acceptors (Lipinski definition) is 3. The predicted molar refractivity (Wildman–Crippen MR) is 133 cm³/mol. The molecule has 0 spiro atoms. The molecule has 5 heteroatoms. The summed E-state index contributed by atoms with van der Waals surface area (Å²) in [5.74, 6) is 0.789. The molecule has 0 heterocycles. The molecule has 2 aromatic rings. The van der Waals surface area contributed by atoms with Gasteiger partial charge in [-0.2, -0.15) is 0 Å². The SMILES string of the molecule is CC[C@H](C(=O)NC1CCCCC1)N(CCc1ccccc1)C(=O)CCSc1ccccc1. The maximum Gasteiger partial charge on any atom is 0.243 e. The normalized spacial score (nSPS) is 15.2. The van der Waals surface area contributed by atoms with E-state index in [2.05, 4.69) is 29.6 Å². The van der Waals surface area contributed by atoms with Crippen molar-refractivity contribution in [3.63, 3.8) is 0 Å². The van der Waals surface area contributed by atoms with Gasteiger partial charge in [0, 0.05) is 29.7 Å². The third kappa shape index (κ3) is 7.70. The molecule has 2 amide bonds. The second-order valence-electron chi connectivity index (χ2n) is 8.50. The van der Waals surface area contributed by atoms with Crippen molar-refractivity contribution in [2.45, 2.75) is 75.3 Å². The molecule has 0 unspecified atom stereocenters. The van der Waals surface area contributed by atoms with E-state index in [1.807, 2.05) is 48.2 Å². The van der Waals surface area contributed by atoms with Crippen molar-refractivity contribution in [3.05, 3.63) is 66.2 Å². The van der Waals surface area contributed by atoms with Crippen molar-refractivity contribution in [2.75, 3.05) is 12.3 Å². The van der Waals surface area contributed by atoms with E-state index in [4.69, 9.17) is 0 Å². The highest BCUT2D eigenvalue weighted by atomic mass is 32.2. The number of hydrogen-bond donors (Lipinski definition) is 1. The molecule has 172 valence electrons. The summed E-state index contributed by atoms with van der Waals surface area (Å²) >= 11 is 1.69. The smallest absolute Gasteiger partial charge is 0.243 e. The van der Waals surface area contributed by atoms with Gasteiger partial charge in [-0.25, -0.2) is 0 Å². The largest absolute Gasteiger partial charge is 0.352 e. The zero-order valence-electron chi connectivity index (χ0n) is 19.2. The van der Waals surface area contributed by atoms with Crippen LogP contribution in [0.4, 0.5) is 0 Å². The van der Waals surface area contributed by atoms with Crippen LogP contribution in [0.15, 0.2) is 65.6 Å². The van der Waals surface area contributed by atoms with Crippen LogP contribution in [-0.4, -0.2) is 41.1 Å². The van der Waals surface area contributed by atoms with E-state index in [1.54, 1.807) is 11.8 Å². The number of carbonyl (C=O) groups is 2. The summed E-state index contributed by atoms with van der Waals surface area (Å²) < 4.78 is 0. The summed E-state index contributed by atoms with van der Waals surface area (Å²) in [4.78, 5) is 29.5. The lowest BCUT2D eigenvalue weighted by molar-refractivity contribution is -0.140. The van der Waals surface area contributed by atoms with Crippen molar-refractivity contribution in [3.8, 4) is 0 Å². The summed E-state index contributed by atoms with van der Waals surface area (Å²) in [7, 11) is 0. The zero-order valence-corrected chi connectivity index (χ0v) is 20.0. The van der Waals surface area contributed by atoms with E-state index in [0.29, 0.717) is 25.1 Å². The van der Waals surface area contributed by atoms with Crippen molar-refractivity contribution in [2.24, 2.45) is 0 Å². The molecule has 4 nitrogen and oxygen atoms in total. The Balaban J connectivity index is 1.64. The fraction of sp³-hybridized carbons (Fsp3) is 0.481. The summed E-state index contributed by atoms with van der Waals surface area (Å²) in [6.07, 6.45) is 7.52. The van der Waals surface area contributed by atoms with Gasteiger partial charge in [-0.3, -0.25) is 9.59 Å². The van der Waals surface area contributed by atoms with E-state index < -0.39 is 6.04 Å². The number of nitrogens with one attached hydrogen (secondary N) is 1. The number of benzene rings is 2. The average molecular weight is 453 g/mol. The summed E-state index contributed by atoms with van der Waals surface area (Å²) in [5.41, 5.74) is 1.19. The highest BCUT2D eigenvalue weighted by Gasteiger charge is 2.29. The van der Waals surface area contributed by atoms with Crippen LogP contribution in [0.25, 0.3) is 0 Å². The van der Waals surface area contributed by atoms with Crippen LogP contribution in [0.1, 0.15) is 57.4 Å². The van der Waals surface area contributed by atoms with Crippen LogP contribution < -0.4 is 5.32 Å². The first kappa shape index (κ1) is 24.4. The average Bonchev–Trinajstić information content (AvgIpc) is 2.83. The van der Waals surface area contributed by atoms with Gasteiger partial charge in [0.1, 0.15) is 6.04 Å². The second kappa shape index (κ2) is 13.3. The van der Waals surface area contributed by atoms with Crippen LogP contribution in [0, 0.1) is 0 Å². The fourth-order valence-corrected chi connectivity index (χ4v) is 5.22. The van der Waals surface area contributed by atoms with Gasteiger partial charge in [0.25, 0.3) is 0 Å². The summed E-state index contributed by atoms with van der Waals surface area (Å²) in [6, 6.07) is 20.2. The summed E-state index contributed by atoms with van der Waals surface area (Å²) in [6.45, 7) is 2.57. The van der Waals surface area contributed by atoms with Crippen LogP contribution in [0.2, 0.25) is 0 Å². The van der Waals surface area contributed by atoms with Crippen LogP contribution in [-0.2, 0) is 16.0 Å². The Morgan fingerprint density at radius 2 is 1.66 bits per heavy atom. The zero-order chi connectivity index (χ0) is 22.6. The maximum absolute atomic E-state index is 13.3. The molecule has 1 N–H and O–H groups in total. The lowest BCUT2D eigenvalue weighted by Crippen LogP contribution is -2.52. The van der Waals surface area contributed by atoms with Gasteiger partial charge in [-0.1, -0.05) is 74.7 Å². The van der Waals surface area contributed by atoms with Gasteiger partial charge in [0.15, 0.2) is 0 Å². The van der Waals surface area contributed by atoms with Crippen LogP contribution in [0.3, 0.4) is 0 Å².